The van der Waals surface area contributed by atoms with Crippen molar-refractivity contribution < 1.29 is 9.47 Å². The molecule has 3 nitrogen and oxygen atoms in total. The number of hydrogen-bond donors (Lipinski definition) is 1. The minimum Gasteiger partial charge on any atom is -0.497 e. The molecule has 1 saturated carbocycles. The van der Waals surface area contributed by atoms with Crippen molar-refractivity contribution >= 4 is 0 Å². The van der Waals surface area contributed by atoms with Crippen LogP contribution in [0.15, 0.2) is 18.2 Å². The zero-order valence-electron chi connectivity index (χ0n) is 12.2. The summed E-state index contributed by atoms with van der Waals surface area (Å²) in [6.07, 6.45) is 5.54. The molecule has 106 valence electrons. The Hall–Kier alpha value is -1.22. The average Bonchev–Trinajstić information content (AvgIpc) is 2.40. The first-order valence-electron chi connectivity index (χ1n) is 7.17. The Morgan fingerprint density at radius 3 is 2.63 bits per heavy atom. The molecular weight excluding hydrogens is 238 g/mol. The van der Waals surface area contributed by atoms with E-state index >= 15 is 0 Å². The fourth-order valence-corrected chi connectivity index (χ4v) is 2.59. The zero-order valence-corrected chi connectivity index (χ0v) is 12.2. The maximum atomic E-state index is 5.41. The molecular formula is C16H25NO2. The van der Waals surface area contributed by atoms with Gasteiger partial charge in [-0.2, -0.15) is 0 Å². The van der Waals surface area contributed by atoms with Gasteiger partial charge in [0.25, 0.3) is 0 Å². The lowest BCUT2D eigenvalue weighted by atomic mass is 9.81. The van der Waals surface area contributed by atoms with Crippen LogP contribution in [0.2, 0.25) is 0 Å². The molecule has 1 aliphatic carbocycles. The molecule has 19 heavy (non-hydrogen) atoms. The Morgan fingerprint density at radius 1 is 1.26 bits per heavy atom. The Bertz CT molecular complexity index is 402. The summed E-state index contributed by atoms with van der Waals surface area (Å²) in [5.74, 6) is 2.67. The standard InChI is InChI=1S/C16H25NO2/c1-12(9-13-5-4-6-13)17-11-14-7-8-15(18-2)10-16(14)19-3/h7-8,10,12-13,17H,4-6,9,11H2,1-3H3. The normalized spacial score (nSPS) is 16.8. The van der Waals surface area contributed by atoms with Crippen molar-refractivity contribution in [3.05, 3.63) is 23.8 Å². The summed E-state index contributed by atoms with van der Waals surface area (Å²) in [7, 11) is 3.38. The second-order valence-electron chi connectivity index (χ2n) is 5.49. The van der Waals surface area contributed by atoms with Gasteiger partial charge in [-0.15, -0.1) is 0 Å². The van der Waals surface area contributed by atoms with Crippen LogP contribution in [0.1, 0.15) is 38.2 Å². The third-order valence-electron chi connectivity index (χ3n) is 4.05. The van der Waals surface area contributed by atoms with E-state index in [1.807, 2.05) is 12.1 Å². The van der Waals surface area contributed by atoms with E-state index in [1.165, 1.54) is 31.2 Å². The molecule has 1 aromatic rings. The fourth-order valence-electron chi connectivity index (χ4n) is 2.59. The van der Waals surface area contributed by atoms with E-state index in [0.717, 1.165) is 24.0 Å². The van der Waals surface area contributed by atoms with Gasteiger partial charge in [0, 0.05) is 24.2 Å². The summed E-state index contributed by atoms with van der Waals surface area (Å²) < 4.78 is 10.6. The molecule has 1 fully saturated rings. The number of nitrogens with one attached hydrogen (secondary N) is 1. The molecule has 3 heteroatoms. The summed E-state index contributed by atoms with van der Waals surface area (Å²) >= 11 is 0. The third-order valence-corrected chi connectivity index (χ3v) is 4.05. The van der Waals surface area contributed by atoms with Crippen LogP contribution in [0.5, 0.6) is 11.5 Å². The number of methoxy groups -OCH3 is 2. The fraction of sp³-hybridized carbons (Fsp3) is 0.625. The van der Waals surface area contributed by atoms with Crippen molar-refractivity contribution in [2.45, 2.75) is 45.2 Å². The smallest absolute Gasteiger partial charge is 0.127 e. The van der Waals surface area contributed by atoms with Gasteiger partial charge in [-0.05, 0) is 25.3 Å². The highest BCUT2D eigenvalue weighted by Crippen LogP contribution is 2.30. The minimum absolute atomic E-state index is 0.567. The quantitative estimate of drug-likeness (QED) is 0.818. The molecule has 0 aromatic heterocycles. The van der Waals surface area contributed by atoms with Gasteiger partial charge >= 0.3 is 0 Å². The highest BCUT2D eigenvalue weighted by molar-refractivity contribution is 5.40. The first kappa shape index (κ1) is 14.2. The molecule has 1 aromatic carbocycles. The second kappa shape index (κ2) is 6.80. The average molecular weight is 263 g/mol. The predicted molar refractivity (Wildman–Crippen MR) is 77.8 cm³/mol. The molecule has 1 aliphatic rings. The van der Waals surface area contributed by atoms with Crippen molar-refractivity contribution in [2.24, 2.45) is 5.92 Å². The molecule has 0 heterocycles. The van der Waals surface area contributed by atoms with Gasteiger partial charge in [-0.3, -0.25) is 0 Å². The van der Waals surface area contributed by atoms with Gasteiger partial charge in [0.1, 0.15) is 11.5 Å². The molecule has 1 unspecified atom stereocenters. The first-order chi connectivity index (χ1) is 9.22. The van der Waals surface area contributed by atoms with E-state index in [2.05, 4.69) is 18.3 Å². The lowest BCUT2D eigenvalue weighted by molar-refractivity contribution is 0.265. The van der Waals surface area contributed by atoms with E-state index < -0.39 is 0 Å². The summed E-state index contributed by atoms with van der Waals surface area (Å²) in [5.41, 5.74) is 1.18. The molecule has 0 spiro atoms. The van der Waals surface area contributed by atoms with Crippen molar-refractivity contribution in [3.63, 3.8) is 0 Å². The second-order valence-corrected chi connectivity index (χ2v) is 5.49. The highest BCUT2D eigenvalue weighted by atomic mass is 16.5. The van der Waals surface area contributed by atoms with Gasteiger partial charge in [0.15, 0.2) is 0 Å². The molecule has 0 radical (unpaired) electrons. The zero-order chi connectivity index (χ0) is 13.7. The molecule has 0 bridgehead atoms. The van der Waals surface area contributed by atoms with E-state index in [4.69, 9.17) is 9.47 Å². The lowest BCUT2D eigenvalue weighted by Crippen LogP contribution is -2.29. The van der Waals surface area contributed by atoms with Crippen LogP contribution < -0.4 is 14.8 Å². The molecule has 1 N–H and O–H groups in total. The van der Waals surface area contributed by atoms with Crippen molar-refractivity contribution in [1.82, 2.24) is 5.32 Å². The number of benzene rings is 1. The van der Waals surface area contributed by atoms with Gasteiger partial charge in [0.05, 0.1) is 14.2 Å². The van der Waals surface area contributed by atoms with Crippen molar-refractivity contribution in [2.75, 3.05) is 14.2 Å². The van der Waals surface area contributed by atoms with Crippen LogP contribution in [-0.2, 0) is 6.54 Å². The monoisotopic (exact) mass is 263 g/mol. The Morgan fingerprint density at radius 2 is 2.05 bits per heavy atom. The van der Waals surface area contributed by atoms with Gasteiger partial charge in [-0.25, -0.2) is 0 Å². The maximum Gasteiger partial charge on any atom is 0.127 e. The molecule has 2 rings (SSSR count). The van der Waals surface area contributed by atoms with E-state index in [1.54, 1.807) is 14.2 Å². The number of rotatable bonds is 7. The summed E-state index contributed by atoms with van der Waals surface area (Å²) in [5, 5.41) is 3.59. The molecule has 1 atom stereocenters. The SMILES string of the molecule is COc1ccc(CNC(C)CC2CCC2)c(OC)c1. The summed E-state index contributed by atoms with van der Waals surface area (Å²) in [4.78, 5) is 0. The van der Waals surface area contributed by atoms with Crippen LogP contribution in [0.3, 0.4) is 0 Å². The van der Waals surface area contributed by atoms with Crippen LogP contribution in [-0.4, -0.2) is 20.3 Å². The lowest BCUT2D eigenvalue weighted by Gasteiger charge is -2.28. The third kappa shape index (κ3) is 3.87. The highest BCUT2D eigenvalue weighted by Gasteiger charge is 2.19. The van der Waals surface area contributed by atoms with Crippen LogP contribution in [0.4, 0.5) is 0 Å². The Labute approximate surface area is 116 Å². The number of ether oxygens (including phenoxy) is 2. The number of hydrogen-bond acceptors (Lipinski definition) is 3. The molecule has 0 aliphatic heterocycles. The maximum absolute atomic E-state index is 5.41. The van der Waals surface area contributed by atoms with Gasteiger partial charge in [0.2, 0.25) is 0 Å². The van der Waals surface area contributed by atoms with Gasteiger partial charge in [-0.1, -0.05) is 25.3 Å². The van der Waals surface area contributed by atoms with E-state index in [-0.39, 0.29) is 0 Å². The first-order valence-corrected chi connectivity index (χ1v) is 7.17. The largest absolute Gasteiger partial charge is 0.497 e. The Kier molecular flexibility index (Phi) is 5.08. The van der Waals surface area contributed by atoms with Crippen LogP contribution in [0, 0.1) is 5.92 Å². The van der Waals surface area contributed by atoms with E-state index in [0.29, 0.717) is 6.04 Å². The van der Waals surface area contributed by atoms with Crippen LogP contribution in [0.25, 0.3) is 0 Å². The minimum atomic E-state index is 0.567. The summed E-state index contributed by atoms with van der Waals surface area (Å²) in [6, 6.07) is 6.56. The molecule has 0 saturated heterocycles. The topological polar surface area (TPSA) is 30.5 Å². The van der Waals surface area contributed by atoms with Gasteiger partial charge < -0.3 is 14.8 Å². The Balaban J connectivity index is 1.87. The van der Waals surface area contributed by atoms with Crippen molar-refractivity contribution in [3.8, 4) is 11.5 Å². The summed E-state index contributed by atoms with van der Waals surface area (Å²) in [6.45, 7) is 3.12. The van der Waals surface area contributed by atoms with E-state index in [9.17, 15) is 0 Å². The molecule has 0 amide bonds. The van der Waals surface area contributed by atoms with Crippen molar-refractivity contribution in [1.29, 1.82) is 0 Å². The van der Waals surface area contributed by atoms with Crippen LogP contribution >= 0.6 is 0 Å². The predicted octanol–water partition coefficient (Wildman–Crippen LogP) is 3.37.